The molecular formula is C12H3F7O2. The Hall–Kier alpha value is -2.45. The van der Waals surface area contributed by atoms with E-state index in [9.17, 15) is 30.7 Å². The second-order valence-corrected chi connectivity index (χ2v) is 3.86. The molecule has 0 saturated carbocycles. The molecule has 0 radical (unpaired) electrons. The van der Waals surface area contributed by atoms with E-state index in [2.05, 4.69) is 0 Å². The van der Waals surface area contributed by atoms with Crippen molar-refractivity contribution in [3.8, 4) is 22.6 Å². The molecule has 9 heteroatoms. The minimum Gasteiger partial charge on any atom is -0.503 e. The number of phenols is 2. The quantitative estimate of drug-likeness (QED) is 0.622. The maximum Gasteiger partial charge on any atom is 0.204 e. The first kappa shape index (κ1) is 14.9. The molecule has 0 aliphatic carbocycles. The zero-order valence-corrected chi connectivity index (χ0v) is 9.62. The van der Waals surface area contributed by atoms with Gasteiger partial charge in [-0.25, -0.2) is 17.6 Å². The van der Waals surface area contributed by atoms with E-state index in [1.165, 1.54) is 0 Å². The van der Waals surface area contributed by atoms with Gasteiger partial charge in [-0.1, -0.05) is 0 Å². The van der Waals surface area contributed by atoms with Gasteiger partial charge in [0.1, 0.15) is 0 Å². The first-order valence-corrected chi connectivity index (χ1v) is 5.10. The number of phenolic OH excluding ortho intramolecular Hbond substituents is 2. The van der Waals surface area contributed by atoms with E-state index in [-0.39, 0.29) is 6.07 Å². The standard InChI is InChI=1S/C12H3F7O2/c13-3-1-2(5(14)8(17)11(3)20)4-6(15)9(18)12(21)10(19)7(4)16/h1,20-21H. The van der Waals surface area contributed by atoms with Crippen LogP contribution in [0.15, 0.2) is 6.07 Å². The summed E-state index contributed by atoms with van der Waals surface area (Å²) in [5.41, 5.74) is -3.27. The first-order valence-electron chi connectivity index (χ1n) is 5.10. The number of hydrogen-bond donors (Lipinski definition) is 2. The molecule has 2 aromatic carbocycles. The van der Waals surface area contributed by atoms with Crippen LogP contribution in [-0.2, 0) is 0 Å². The summed E-state index contributed by atoms with van der Waals surface area (Å²) in [5, 5.41) is 17.5. The third-order valence-corrected chi connectivity index (χ3v) is 2.64. The zero-order valence-electron chi connectivity index (χ0n) is 9.62. The summed E-state index contributed by atoms with van der Waals surface area (Å²) in [7, 11) is 0. The average molecular weight is 312 g/mol. The Labute approximate surface area is 111 Å². The van der Waals surface area contributed by atoms with Gasteiger partial charge in [-0.15, -0.1) is 0 Å². The summed E-state index contributed by atoms with van der Waals surface area (Å²) in [6.07, 6.45) is 0. The van der Waals surface area contributed by atoms with Gasteiger partial charge < -0.3 is 10.2 Å². The molecular weight excluding hydrogens is 309 g/mol. The molecule has 0 spiro atoms. The number of halogens is 7. The third-order valence-electron chi connectivity index (χ3n) is 2.64. The molecule has 112 valence electrons. The van der Waals surface area contributed by atoms with Crippen LogP contribution in [0.1, 0.15) is 0 Å². The first-order chi connectivity index (χ1) is 9.68. The molecule has 0 atom stereocenters. The lowest BCUT2D eigenvalue weighted by Gasteiger charge is -2.11. The van der Waals surface area contributed by atoms with Crippen molar-refractivity contribution >= 4 is 0 Å². The molecule has 0 bridgehead atoms. The van der Waals surface area contributed by atoms with E-state index in [0.717, 1.165) is 0 Å². The smallest absolute Gasteiger partial charge is 0.204 e. The zero-order chi connectivity index (χ0) is 16.1. The van der Waals surface area contributed by atoms with Gasteiger partial charge >= 0.3 is 0 Å². The van der Waals surface area contributed by atoms with Crippen molar-refractivity contribution in [2.45, 2.75) is 0 Å². The van der Waals surface area contributed by atoms with Crippen molar-refractivity contribution < 1.29 is 40.9 Å². The van der Waals surface area contributed by atoms with E-state index in [0.29, 0.717) is 0 Å². The summed E-state index contributed by atoms with van der Waals surface area (Å²) in [4.78, 5) is 0. The van der Waals surface area contributed by atoms with Crippen LogP contribution in [-0.4, -0.2) is 10.2 Å². The molecule has 0 fully saturated rings. The second-order valence-electron chi connectivity index (χ2n) is 3.86. The number of hydrogen-bond acceptors (Lipinski definition) is 2. The molecule has 2 N–H and O–H groups in total. The summed E-state index contributed by atoms with van der Waals surface area (Å²) >= 11 is 0. The molecule has 0 saturated heterocycles. The van der Waals surface area contributed by atoms with Crippen molar-refractivity contribution in [3.05, 3.63) is 46.8 Å². The third kappa shape index (κ3) is 2.05. The molecule has 0 aliphatic rings. The van der Waals surface area contributed by atoms with Gasteiger partial charge in [0.15, 0.2) is 34.8 Å². The van der Waals surface area contributed by atoms with Gasteiger partial charge in [-0.2, -0.15) is 13.2 Å². The van der Waals surface area contributed by atoms with Gasteiger partial charge in [0.05, 0.1) is 5.56 Å². The van der Waals surface area contributed by atoms with Gasteiger partial charge in [0.2, 0.25) is 17.5 Å². The Kier molecular flexibility index (Phi) is 3.44. The van der Waals surface area contributed by atoms with Crippen LogP contribution in [0.5, 0.6) is 11.5 Å². The summed E-state index contributed by atoms with van der Waals surface area (Å²) in [6.45, 7) is 0. The highest BCUT2D eigenvalue weighted by Gasteiger charge is 2.30. The molecule has 0 amide bonds. The van der Waals surface area contributed by atoms with Crippen molar-refractivity contribution in [1.29, 1.82) is 0 Å². The molecule has 2 nitrogen and oxygen atoms in total. The molecule has 21 heavy (non-hydrogen) atoms. The van der Waals surface area contributed by atoms with E-state index in [4.69, 9.17) is 10.2 Å². The van der Waals surface area contributed by atoms with Gasteiger partial charge in [0, 0.05) is 5.56 Å². The fourth-order valence-electron chi connectivity index (χ4n) is 1.62. The lowest BCUT2D eigenvalue weighted by Crippen LogP contribution is -2.03. The number of aromatic hydroxyl groups is 2. The van der Waals surface area contributed by atoms with Crippen LogP contribution in [0.4, 0.5) is 30.7 Å². The summed E-state index contributed by atoms with van der Waals surface area (Å²) in [5.74, 6) is -18.9. The molecule has 0 aromatic heterocycles. The monoisotopic (exact) mass is 312 g/mol. The number of benzene rings is 2. The lowest BCUT2D eigenvalue weighted by atomic mass is 10.0. The fourth-order valence-corrected chi connectivity index (χ4v) is 1.62. The number of rotatable bonds is 1. The van der Waals surface area contributed by atoms with Crippen LogP contribution in [0.25, 0.3) is 11.1 Å². The topological polar surface area (TPSA) is 40.5 Å². The van der Waals surface area contributed by atoms with E-state index >= 15 is 0 Å². The lowest BCUT2D eigenvalue weighted by molar-refractivity contribution is 0.357. The fraction of sp³-hybridized carbons (Fsp3) is 0. The minimum absolute atomic E-state index is 0.0504. The maximum atomic E-state index is 13.5. The van der Waals surface area contributed by atoms with Crippen LogP contribution in [0.3, 0.4) is 0 Å². The van der Waals surface area contributed by atoms with Crippen molar-refractivity contribution in [1.82, 2.24) is 0 Å². The second kappa shape index (κ2) is 4.83. The highest BCUT2D eigenvalue weighted by Crippen LogP contribution is 2.38. The summed E-state index contributed by atoms with van der Waals surface area (Å²) < 4.78 is 93.1. The van der Waals surface area contributed by atoms with Gasteiger partial charge in [0.25, 0.3) is 0 Å². The molecule has 2 rings (SSSR count). The van der Waals surface area contributed by atoms with Gasteiger partial charge in [-0.3, -0.25) is 0 Å². The predicted octanol–water partition coefficient (Wildman–Crippen LogP) is 3.74. The normalized spacial score (nSPS) is 11.0. The van der Waals surface area contributed by atoms with Crippen molar-refractivity contribution in [2.75, 3.05) is 0 Å². The van der Waals surface area contributed by atoms with Crippen LogP contribution < -0.4 is 0 Å². The Morgan fingerprint density at radius 2 is 1.00 bits per heavy atom. The molecule has 2 aromatic rings. The Bertz CT molecular complexity index is 729. The van der Waals surface area contributed by atoms with Crippen LogP contribution in [0.2, 0.25) is 0 Å². The average Bonchev–Trinajstić information content (AvgIpc) is 2.46. The van der Waals surface area contributed by atoms with Crippen molar-refractivity contribution in [2.24, 2.45) is 0 Å². The Morgan fingerprint density at radius 1 is 0.571 bits per heavy atom. The highest BCUT2D eigenvalue weighted by molar-refractivity contribution is 5.68. The van der Waals surface area contributed by atoms with Crippen LogP contribution in [0, 0.1) is 40.7 Å². The van der Waals surface area contributed by atoms with Crippen LogP contribution >= 0.6 is 0 Å². The SMILES string of the molecule is Oc1c(F)cc(-c2c(F)c(F)c(O)c(F)c2F)c(F)c1F. The largest absolute Gasteiger partial charge is 0.503 e. The van der Waals surface area contributed by atoms with E-state index < -0.39 is 63.3 Å². The highest BCUT2D eigenvalue weighted by atomic mass is 19.2. The minimum atomic E-state index is -2.27. The molecule has 0 unspecified atom stereocenters. The maximum absolute atomic E-state index is 13.5. The molecule has 0 aliphatic heterocycles. The van der Waals surface area contributed by atoms with E-state index in [1.54, 1.807) is 0 Å². The Morgan fingerprint density at radius 3 is 1.48 bits per heavy atom. The van der Waals surface area contributed by atoms with E-state index in [1.807, 2.05) is 0 Å². The predicted molar refractivity (Wildman–Crippen MR) is 54.9 cm³/mol. The Balaban J connectivity index is 2.93. The van der Waals surface area contributed by atoms with Gasteiger partial charge in [-0.05, 0) is 6.07 Å². The van der Waals surface area contributed by atoms with Crippen molar-refractivity contribution in [3.63, 3.8) is 0 Å². The molecule has 0 heterocycles. The summed E-state index contributed by atoms with van der Waals surface area (Å²) in [6, 6.07) is -0.0504.